The maximum absolute atomic E-state index is 13.9. The maximum Gasteiger partial charge on any atom is 0.255 e. The second-order valence-corrected chi connectivity index (χ2v) is 6.77. The van der Waals surface area contributed by atoms with Crippen LogP contribution in [-0.2, 0) is 4.79 Å². The molecule has 1 aliphatic rings. The van der Waals surface area contributed by atoms with Crippen molar-refractivity contribution < 1.29 is 14.0 Å². The second-order valence-electron chi connectivity index (χ2n) is 6.33. The second kappa shape index (κ2) is 8.47. The fraction of sp³-hybridized carbons (Fsp3) is 0.556. The summed E-state index contributed by atoms with van der Waals surface area (Å²) in [5.41, 5.74) is -1.09. The molecule has 1 fully saturated rings. The van der Waals surface area contributed by atoms with Gasteiger partial charge in [0, 0.05) is 11.6 Å². The quantitative estimate of drug-likeness (QED) is 0.763. The summed E-state index contributed by atoms with van der Waals surface area (Å²) in [6.45, 7) is 2.63. The van der Waals surface area contributed by atoms with E-state index in [1.54, 1.807) is 0 Å². The zero-order chi connectivity index (χ0) is 17.6. The predicted octanol–water partition coefficient (Wildman–Crippen LogP) is 3.83. The Hall–Kier alpha value is -1.62. The summed E-state index contributed by atoms with van der Waals surface area (Å²) in [6, 6.07) is 3.84. The third kappa shape index (κ3) is 4.47. The van der Waals surface area contributed by atoms with Gasteiger partial charge in [0.1, 0.15) is 11.4 Å². The molecule has 2 N–H and O–H groups in total. The molecule has 0 atom stereocenters. The van der Waals surface area contributed by atoms with E-state index in [0.29, 0.717) is 19.4 Å². The van der Waals surface area contributed by atoms with Gasteiger partial charge in [-0.2, -0.15) is 0 Å². The molecule has 1 aromatic rings. The molecule has 0 spiro atoms. The summed E-state index contributed by atoms with van der Waals surface area (Å²) >= 11 is 5.86. The Kier molecular flexibility index (Phi) is 6.60. The molecule has 24 heavy (non-hydrogen) atoms. The van der Waals surface area contributed by atoms with Crippen molar-refractivity contribution in [3.63, 3.8) is 0 Å². The third-order valence-corrected chi connectivity index (χ3v) is 4.72. The average molecular weight is 355 g/mol. The zero-order valence-corrected chi connectivity index (χ0v) is 14.7. The summed E-state index contributed by atoms with van der Waals surface area (Å²) in [6.07, 6.45) is 5.76. The SMILES string of the molecule is CCCCNC(=O)C1(NC(=O)c2cc(Cl)ccc2F)CCCCC1. The number of nitrogens with one attached hydrogen (secondary N) is 2. The molecule has 2 rings (SSSR count). The van der Waals surface area contributed by atoms with Gasteiger partial charge in [-0.05, 0) is 37.5 Å². The van der Waals surface area contributed by atoms with Crippen LogP contribution in [0, 0.1) is 5.82 Å². The molecule has 0 heterocycles. The normalized spacial score (nSPS) is 16.5. The number of amides is 2. The minimum atomic E-state index is -0.960. The number of carbonyl (C=O) groups is 2. The van der Waals surface area contributed by atoms with Gasteiger partial charge in [-0.15, -0.1) is 0 Å². The predicted molar refractivity (Wildman–Crippen MR) is 92.6 cm³/mol. The van der Waals surface area contributed by atoms with E-state index in [1.807, 2.05) is 6.92 Å². The van der Waals surface area contributed by atoms with E-state index in [-0.39, 0.29) is 16.5 Å². The van der Waals surface area contributed by atoms with E-state index >= 15 is 0 Å². The molecule has 0 unspecified atom stereocenters. The van der Waals surface area contributed by atoms with Crippen LogP contribution in [0.1, 0.15) is 62.2 Å². The van der Waals surface area contributed by atoms with Gasteiger partial charge >= 0.3 is 0 Å². The fourth-order valence-electron chi connectivity index (χ4n) is 3.07. The lowest BCUT2D eigenvalue weighted by Gasteiger charge is -2.36. The van der Waals surface area contributed by atoms with Crippen LogP contribution in [0.5, 0.6) is 0 Å². The van der Waals surface area contributed by atoms with Crippen LogP contribution in [0.15, 0.2) is 18.2 Å². The Balaban J connectivity index is 2.17. The summed E-state index contributed by atoms with van der Waals surface area (Å²) in [4.78, 5) is 25.2. The standard InChI is InChI=1S/C18H24ClFN2O2/c1-2-3-11-21-17(24)18(9-5-4-6-10-18)22-16(23)14-12-13(19)7-8-15(14)20/h7-8,12H,2-6,9-11H2,1H3,(H,21,24)(H,22,23). The van der Waals surface area contributed by atoms with E-state index in [2.05, 4.69) is 10.6 Å². The first kappa shape index (κ1) is 18.7. The number of benzene rings is 1. The molecule has 132 valence electrons. The monoisotopic (exact) mass is 354 g/mol. The first-order chi connectivity index (χ1) is 11.5. The van der Waals surface area contributed by atoms with Gasteiger partial charge in [-0.3, -0.25) is 9.59 Å². The molecule has 1 saturated carbocycles. The van der Waals surface area contributed by atoms with Crippen LogP contribution in [0.3, 0.4) is 0 Å². The van der Waals surface area contributed by atoms with Crippen molar-refractivity contribution in [2.45, 2.75) is 57.4 Å². The molecule has 4 nitrogen and oxygen atoms in total. The Morgan fingerprint density at radius 2 is 1.96 bits per heavy atom. The van der Waals surface area contributed by atoms with Crippen LogP contribution >= 0.6 is 11.6 Å². The van der Waals surface area contributed by atoms with Crippen molar-refractivity contribution >= 4 is 23.4 Å². The highest BCUT2D eigenvalue weighted by molar-refractivity contribution is 6.31. The Morgan fingerprint density at radius 1 is 1.25 bits per heavy atom. The molecular formula is C18H24ClFN2O2. The van der Waals surface area contributed by atoms with Crippen molar-refractivity contribution in [2.75, 3.05) is 6.54 Å². The van der Waals surface area contributed by atoms with Crippen LogP contribution in [0.2, 0.25) is 5.02 Å². The van der Waals surface area contributed by atoms with E-state index in [9.17, 15) is 14.0 Å². The van der Waals surface area contributed by atoms with E-state index in [1.165, 1.54) is 12.1 Å². The van der Waals surface area contributed by atoms with Gasteiger partial charge in [0.2, 0.25) is 5.91 Å². The fourth-order valence-corrected chi connectivity index (χ4v) is 3.24. The van der Waals surface area contributed by atoms with Gasteiger partial charge in [0.05, 0.1) is 5.56 Å². The largest absolute Gasteiger partial charge is 0.354 e. The molecular weight excluding hydrogens is 331 g/mol. The molecule has 0 aliphatic heterocycles. The Morgan fingerprint density at radius 3 is 2.62 bits per heavy atom. The third-order valence-electron chi connectivity index (χ3n) is 4.48. The van der Waals surface area contributed by atoms with Crippen LogP contribution in [0.4, 0.5) is 4.39 Å². The average Bonchev–Trinajstić information content (AvgIpc) is 2.58. The van der Waals surface area contributed by atoms with Crippen molar-refractivity contribution in [1.82, 2.24) is 10.6 Å². The van der Waals surface area contributed by atoms with Gasteiger partial charge in [-0.1, -0.05) is 44.2 Å². The Labute approximate surface area is 147 Å². The lowest BCUT2D eigenvalue weighted by Crippen LogP contribution is -2.59. The highest BCUT2D eigenvalue weighted by Crippen LogP contribution is 2.29. The number of unbranched alkanes of at least 4 members (excludes halogenated alkanes) is 1. The van der Waals surface area contributed by atoms with Crippen molar-refractivity contribution in [2.24, 2.45) is 0 Å². The van der Waals surface area contributed by atoms with E-state index in [0.717, 1.165) is 38.2 Å². The molecule has 2 amide bonds. The maximum atomic E-state index is 13.9. The smallest absolute Gasteiger partial charge is 0.255 e. The number of hydrogen-bond donors (Lipinski definition) is 2. The first-order valence-electron chi connectivity index (χ1n) is 8.54. The molecule has 0 bridgehead atoms. The topological polar surface area (TPSA) is 58.2 Å². The van der Waals surface area contributed by atoms with Gasteiger partial charge in [0.25, 0.3) is 5.91 Å². The number of rotatable bonds is 6. The molecule has 0 radical (unpaired) electrons. The van der Waals surface area contributed by atoms with Crippen LogP contribution in [0.25, 0.3) is 0 Å². The minimum Gasteiger partial charge on any atom is -0.354 e. The minimum absolute atomic E-state index is 0.131. The zero-order valence-electron chi connectivity index (χ0n) is 14.0. The summed E-state index contributed by atoms with van der Waals surface area (Å²) < 4.78 is 13.9. The molecule has 0 saturated heterocycles. The summed E-state index contributed by atoms with van der Waals surface area (Å²) in [5.74, 6) is -1.41. The van der Waals surface area contributed by atoms with Crippen molar-refractivity contribution in [1.29, 1.82) is 0 Å². The first-order valence-corrected chi connectivity index (χ1v) is 8.92. The lowest BCUT2D eigenvalue weighted by molar-refractivity contribution is -0.128. The van der Waals surface area contributed by atoms with E-state index in [4.69, 9.17) is 11.6 Å². The lowest BCUT2D eigenvalue weighted by atomic mass is 9.80. The highest BCUT2D eigenvalue weighted by Gasteiger charge is 2.41. The molecule has 0 aromatic heterocycles. The van der Waals surface area contributed by atoms with Gasteiger partial charge in [0.15, 0.2) is 0 Å². The number of carbonyl (C=O) groups excluding carboxylic acids is 2. The van der Waals surface area contributed by atoms with E-state index < -0.39 is 17.3 Å². The van der Waals surface area contributed by atoms with Crippen LogP contribution in [-0.4, -0.2) is 23.9 Å². The highest BCUT2D eigenvalue weighted by atomic mass is 35.5. The van der Waals surface area contributed by atoms with Crippen molar-refractivity contribution in [3.8, 4) is 0 Å². The molecule has 1 aromatic carbocycles. The number of halogens is 2. The molecule has 1 aliphatic carbocycles. The Bertz CT molecular complexity index is 601. The molecule has 6 heteroatoms. The van der Waals surface area contributed by atoms with Gasteiger partial charge in [-0.25, -0.2) is 4.39 Å². The number of hydrogen-bond acceptors (Lipinski definition) is 2. The van der Waals surface area contributed by atoms with Gasteiger partial charge < -0.3 is 10.6 Å². The summed E-state index contributed by atoms with van der Waals surface area (Å²) in [5, 5.41) is 5.98. The van der Waals surface area contributed by atoms with Crippen molar-refractivity contribution in [3.05, 3.63) is 34.6 Å². The summed E-state index contributed by atoms with van der Waals surface area (Å²) in [7, 11) is 0. The van der Waals surface area contributed by atoms with Crippen LogP contribution < -0.4 is 10.6 Å².